The van der Waals surface area contributed by atoms with Gasteiger partial charge < -0.3 is 14.9 Å². The van der Waals surface area contributed by atoms with E-state index in [1.54, 1.807) is 24.3 Å². The predicted molar refractivity (Wildman–Crippen MR) is 66.3 cm³/mol. The predicted octanol–water partition coefficient (Wildman–Crippen LogP) is 2.65. The minimum Gasteiger partial charge on any atom is -0.508 e. The molecule has 0 radical (unpaired) electrons. The lowest BCUT2D eigenvalue weighted by atomic mass is 9.85. The van der Waals surface area contributed by atoms with Crippen LogP contribution in [0, 0.1) is 0 Å². The number of aromatic hydroxyl groups is 1. The summed E-state index contributed by atoms with van der Waals surface area (Å²) in [4.78, 5) is 4.38. The van der Waals surface area contributed by atoms with Gasteiger partial charge in [0.25, 0.3) is 0 Å². The van der Waals surface area contributed by atoms with E-state index in [0.717, 1.165) is 11.5 Å². The Morgan fingerprint density at radius 2 is 2.06 bits per heavy atom. The highest BCUT2D eigenvalue weighted by atomic mass is 16.5. The first kappa shape index (κ1) is 11.1. The number of hydrogen-bond donors (Lipinski definition) is 2. The second kappa shape index (κ2) is 4.68. The van der Waals surface area contributed by atoms with Crippen LogP contribution in [0.3, 0.4) is 0 Å². The quantitative estimate of drug-likeness (QED) is 0.810. The molecule has 0 bridgehead atoms. The van der Waals surface area contributed by atoms with Gasteiger partial charge in [-0.05, 0) is 37.1 Å². The van der Waals surface area contributed by atoms with Crippen molar-refractivity contribution in [2.45, 2.75) is 31.7 Å². The zero-order chi connectivity index (χ0) is 12.4. The fourth-order valence-corrected chi connectivity index (χ4v) is 1.93. The summed E-state index contributed by atoms with van der Waals surface area (Å²) in [5, 5.41) is 16.3. The summed E-state index contributed by atoms with van der Waals surface area (Å²) in [7, 11) is 0. The van der Waals surface area contributed by atoms with Crippen molar-refractivity contribution in [1.82, 2.24) is 10.1 Å². The summed E-state index contributed by atoms with van der Waals surface area (Å²) in [5.74, 6) is 2.19. The van der Waals surface area contributed by atoms with Crippen LogP contribution in [0.15, 0.2) is 28.8 Å². The molecule has 1 heterocycles. The van der Waals surface area contributed by atoms with E-state index >= 15 is 0 Å². The van der Waals surface area contributed by atoms with Crippen molar-refractivity contribution in [1.29, 1.82) is 0 Å². The monoisotopic (exact) mass is 245 g/mol. The molecule has 0 aliphatic heterocycles. The van der Waals surface area contributed by atoms with Gasteiger partial charge in [0, 0.05) is 11.6 Å². The normalized spacial score (nSPS) is 15.3. The number of nitrogens with one attached hydrogen (secondary N) is 1. The van der Waals surface area contributed by atoms with Crippen LogP contribution in [-0.2, 0) is 6.54 Å². The Hall–Kier alpha value is -2.04. The lowest BCUT2D eigenvalue weighted by Crippen LogP contribution is -2.10. The van der Waals surface area contributed by atoms with Crippen LogP contribution >= 0.6 is 0 Å². The van der Waals surface area contributed by atoms with Crippen LogP contribution in [0.2, 0.25) is 0 Å². The van der Waals surface area contributed by atoms with Gasteiger partial charge in [0.05, 0.1) is 6.54 Å². The van der Waals surface area contributed by atoms with Crippen molar-refractivity contribution in [3.8, 4) is 5.75 Å². The summed E-state index contributed by atoms with van der Waals surface area (Å²) in [6.45, 7) is 0.504. The zero-order valence-electron chi connectivity index (χ0n) is 9.97. The Balaban J connectivity index is 1.59. The first-order valence-electron chi connectivity index (χ1n) is 6.16. The van der Waals surface area contributed by atoms with Gasteiger partial charge in [0.15, 0.2) is 5.82 Å². The SMILES string of the molecule is Oc1ccc(NCc2nc(C3CCC3)no2)cc1. The van der Waals surface area contributed by atoms with Crippen molar-refractivity contribution in [2.24, 2.45) is 0 Å². The number of rotatable bonds is 4. The van der Waals surface area contributed by atoms with Crippen LogP contribution in [0.1, 0.15) is 36.9 Å². The Morgan fingerprint density at radius 1 is 1.28 bits per heavy atom. The Kier molecular flexibility index (Phi) is 2.88. The van der Waals surface area contributed by atoms with Gasteiger partial charge in [0.2, 0.25) is 5.89 Å². The van der Waals surface area contributed by atoms with E-state index in [0.29, 0.717) is 18.4 Å². The third kappa shape index (κ3) is 2.30. The molecule has 1 aromatic heterocycles. The molecule has 0 saturated heterocycles. The van der Waals surface area contributed by atoms with Gasteiger partial charge in [-0.2, -0.15) is 4.98 Å². The molecule has 3 rings (SSSR count). The minimum absolute atomic E-state index is 0.255. The average Bonchev–Trinajstić information content (AvgIpc) is 2.75. The third-order valence-electron chi connectivity index (χ3n) is 3.27. The maximum absolute atomic E-state index is 9.17. The number of anilines is 1. The first-order chi connectivity index (χ1) is 8.81. The van der Waals surface area contributed by atoms with Gasteiger partial charge in [-0.25, -0.2) is 0 Å². The van der Waals surface area contributed by atoms with Crippen LogP contribution < -0.4 is 5.32 Å². The second-order valence-electron chi connectivity index (χ2n) is 4.57. The number of hydrogen-bond acceptors (Lipinski definition) is 5. The fraction of sp³-hybridized carbons (Fsp3) is 0.385. The molecule has 0 unspecified atom stereocenters. The highest BCUT2D eigenvalue weighted by Crippen LogP contribution is 2.34. The smallest absolute Gasteiger partial charge is 0.245 e. The number of benzene rings is 1. The summed E-state index contributed by atoms with van der Waals surface area (Å²) in [5.41, 5.74) is 0.913. The van der Waals surface area contributed by atoms with Crippen molar-refractivity contribution in [3.63, 3.8) is 0 Å². The molecular weight excluding hydrogens is 230 g/mol. The van der Waals surface area contributed by atoms with Crippen LogP contribution in [0.4, 0.5) is 5.69 Å². The van der Waals surface area contributed by atoms with Gasteiger partial charge in [-0.3, -0.25) is 0 Å². The maximum Gasteiger partial charge on any atom is 0.245 e. The molecule has 1 aromatic carbocycles. The summed E-state index contributed by atoms with van der Waals surface area (Å²) in [6.07, 6.45) is 3.61. The lowest BCUT2D eigenvalue weighted by molar-refractivity contribution is 0.349. The van der Waals surface area contributed by atoms with E-state index in [4.69, 9.17) is 4.52 Å². The van der Waals surface area contributed by atoms with Crippen LogP contribution in [0.25, 0.3) is 0 Å². The molecule has 2 aromatic rings. The summed E-state index contributed by atoms with van der Waals surface area (Å²) in [6, 6.07) is 6.88. The molecule has 1 saturated carbocycles. The van der Waals surface area contributed by atoms with Crippen molar-refractivity contribution in [3.05, 3.63) is 36.0 Å². The van der Waals surface area contributed by atoms with Crippen LogP contribution in [-0.4, -0.2) is 15.2 Å². The minimum atomic E-state index is 0.255. The molecule has 1 fully saturated rings. The Morgan fingerprint density at radius 3 is 2.72 bits per heavy atom. The Labute approximate surface area is 105 Å². The summed E-state index contributed by atoms with van der Waals surface area (Å²) < 4.78 is 5.19. The molecule has 0 spiro atoms. The highest BCUT2D eigenvalue weighted by molar-refractivity contribution is 5.45. The molecule has 18 heavy (non-hydrogen) atoms. The largest absolute Gasteiger partial charge is 0.508 e. The third-order valence-corrected chi connectivity index (χ3v) is 3.27. The highest BCUT2D eigenvalue weighted by Gasteiger charge is 2.24. The van der Waals surface area contributed by atoms with E-state index in [9.17, 15) is 5.11 Å². The van der Waals surface area contributed by atoms with Crippen LogP contribution in [0.5, 0.6) is 5.75 Å². The van der Waals surface area contributed by atoms with Gasteiger partial charge in [0.1, 0.15) is 5.75 Å². The number of nitrogens with zero attached hydrogens (tertiary/aromatic N) is 2. The number of phenols is 1. The fourth-order valence-electron chi connectivity index (χ4n) is 1.93. The van der Waals surface area contributed by atoms with Crippen molar-refractivity contribution < 1.29 is 9.63 Å². The van der Waals surface area contributed by atoms with Gasteiger partial charge in [-0.1, -0.05) is 11.6 Å². The second-order valence-corrected chi connectivity index (χ2v) is 4.57. The lowest BCUT2D eigenvalue weighted by Gasteiger charge is -2.20. The Bertz CT molecular complexity index is 517. The van der Waals surface area contributed by atoms with Crippen molar-refractivity contribution in [2.75, 3.05) is 5.32 Å². The van der Waals surface area contributed by atoms with Gasteiger partial charge >= 0.3 is 0 Å². The first-order valence-corrected chi connectivity index (χ1v) is 6.16. The topological polar surface area (TPSA) is 71.2 Å². The van der Waals surface area contributed by atoms with E-state index in [-0.39, 0.29) is 5.75 Å². The van der Waals surface area contributed by atoms with Gasteiger partial charge in [-0.15, -0.1) is 0 Å². The maximum atomic E-state index is 9.17. The molecular formula is C13H15N3O2. The molecule has 1 aliphatic rings. The summed E-state index contributed by atoms with van der Waals surface area (Å²) >= 11 is 0. The molecule has 2 N–H and O–H groups in total. The standard InChI is InChI=1S/C13H15N3O2/c17-11-6-4-10(5-7-11)14-8-12-15-13(16-18-12)9-2-1-3-9/h4-7,9,14,17H,1-3,8H2. The number of phenolic OH excluding ortho intramolecular Hbond substituents is 1. The van der Waals surface area contributed by atoms with E-state index in [1.807, 2.05) is 0 Å². The zero-order valence-corrected chi connectivity index (χ0v) is 9.97. The molecule has 0 amide bonds. The average molecular weight is 245 g/mol. The number of aromatic nitrogens is 2. The van der Waals surface area contributed by atoms with E-state index in [2.05, 4.69) is 15.5 Å². The van der Waals surface area contributed by atoms with E-state index < -0.39 is 0 Å². The van der Waals surface area contributed by atoms with Crippen molar-refractivity contribution >= 4 is 5.69 Å². The molecule has 5 heteroatoms. The molecule has 5 nitrogen and oxygen atoms in total. The van der Waals surface area contributed by atoms with E-state index in [1.165, 1.54) is 19.3 Å². The molecule has 0 atom stereocenters. The molecule has 94 valence electrons. The molecule has 1 aliphatic carbocycles.